The number of nitrogens with one attached hydrogen (secondary N) is 2. The second-order valence-electron chi connectivity index (χ2n) is 6.27. The third kappa shape index (κ3) is 6.59. The lowest BCUT2D eigenvalue weighted by atomic mass is 10.2. The van der Waals surface area contributed by atoms with E-state index in [-0.39, 0.29) is 42.2 Å². The minimum absolute atomic E-state index is 0.0214. The van der Waals surface area contributed by atoms with E-state index in [9.17, 15) is 13.2 Å². The van der Waals surface area contributed by atoms with Crippen molar-refractivity contribution in [2.75, 3.05) is 20.3 Å². The number of sulfonamides is 1. The summed E-state index contributed by atoms with van der Waals surface area (Å²) < 4.78 is 37.2. The Balaban J connectivity index is 1.99. The standard InChI is InChI=1S/C19H25N3O5S/c1-14(2)27-18-8-7-15(12-20-18)13-21-19(23)16-5-4-6-17(11-16)28(24,25)22-9-10-26-3/h4-8,11-12,14,22H,9-10,13H2,1-3H3,(H,21,23). The Kier molecular flexibility index (Phi) is 7.91. The SMILES string of the molecule is COCCNS(=O)(=O)c1cccc(C(=O)NCc2ccc(OC(C)C)nc2)c1. The molecule has 0 unspecified atom stereocenters. The molecule has 2 aromatic rings. The number of hydrogen-bond acceptors (Lipinski definition) is 6. The number of benzene rings is 1. The van der Waals surface area contributed by atoms with E-state index in [1.54, 1.807) is 18.3 Å². The lowest BCUT2D eigenvalue weighted by molar-refractivity contribution is 0.0950. The summed E-state index contributed by atoms with van der Waals surface area (Å²) in [5, 5.41) is 2.75. The van der Waals surface area contributed by atoms with E-state index in [1.807, 2.05) is 19.9 Å². The number of hydrogen-bond donors (Lipinski definition) is 2. The van der Waals surface area contributed by atoms with Crippen LogP contribution in [-0.4, -0.2) is 45.7 Å². The van der Waals surface area contributed by atoms with Gasteiger partial charge in [0, 0.05) is 38.0 Å². The number of carbonyl (C=O) groups excluding carboxylic acids is 1. The topological polar surface area (TPSA) is 107 Å². The Hall–Kier alpha value is -2.49. The molecule has 0 aliphatic rings. The van der Waals surface area contributed by atoms with Gasteiger partial charge >= 0.3 is 0 Å². The van der Waals surface area contributed by atoms with Crippen LogP contribution < -0.4 is 14.8 Å². The number of pyridine rings is 1. The zero-order chi connectivity index (χ0) is 20.6. The second kappa shape index (κ2) is 10.2. The van der Waals surface area contributed by atoms with Crippen LogP contribution in [0.5, 0.6) is 5.88 Å². The molecule has 0 fully saturated rings. The van der Waals surface area contributed by atoms with Gasteiger partial charge in [-0.3, -0.25) is 4.79 Å². The van der Waals surface area contributed by atoms with Crippen molar-refractivity contribution >= 4 is 15.9 Å². The summed E-state index contributed by atoms with van der Waals surface area (Å²) in [7, 11) is -2.22. The number of methoxy groups -OCH3 is 1. The van der Waals surface area contributed by atoms with Gasteiger partial charge in [0.05, 0.1) is 17.6 Å². The van der Waals surface area contributed by atoms with Crippen molar-refractivity contribution in [1.29, 1.82) is 0 Å². The normalized spacial score (nSPS) is 11.4. The first-order valence-electron chi connectivity index (χ1n) is 8.80. The summed E-state index contributed by atoms with van der Waals surface area (Å²) in [5.74, 6) is 0.139. The zero-order valence-electron chi connectivity index (χ0n) is 16.1. The lowest BCUT2D eigenvalue weighted by Gasteiger charge is -2.10. The Morgan fingerprint density at radius 3 is 2.64 bits per heavy atom. The monoisotopic (exact) mass is 407 g/mol. The number of aromatic nitrogens is 1. The van der Waals surface area contributed by atoms with Crippen molar-refractivity contribution < 1.29 is 22.7 Å². The summed E-state index contributed by atoms with van der Waals surface area (Å²) in [4.78, 5) is 16.6. The number of carbonyl (C=O) groups is 1. The van der Waals surface area contributed by atoms with E-state index >= 15 is 0 Å². The highest BCUT2D eigenvalue weighted by Crippen LogP contribution is 2.12. The molecule has 0 bridgehead atoms. The molecule has 0 atom stereocenters. The van der Waals surface area contributed by atoms with Gasteiger partial charge in [0.25, 0.3) is 5.91 Å². The molecule has 0 spiro atoms. The van der Waals surface area contributed by atoms with Crippen molar-refractivity contribution in [2.24, 2.45) is 0 Å². The van der Waals surface area contributed by atoms with Gasteiger partial charge in [-0.25, -0.2) is 18.1 Å². The Morgan fingerprint density at radius 2 is 2.00 bits per heavy atom. The number of rotatable bonds is 10. The van der Waals surface area contributed by atoms with E-state index in [1.165, 1.54) is 25.3 Å². The van der Waals surface area contributed by atoms with Crippen LogP contribution in [0.3, 0.4) is 0 Å². The fourth-order valence-electron chi connectivity index (χ4n) is 2.28. The molecule has 1 aromatic carbocycles. The molecule has 2 rings (SSSR count). The molecular weight excluding hydrogens is 382 g/mol. The molecule has 0 aliphatic carbocycles. The van der Waals surface area contributed by atoms with Gasteiger partial charge in [0.2, 0.25) is 15.9 Å². The average Bonchev–Trinajstić information content (AvgIpc) is 2.67. The van der Waals surface area contributed by atoms with Crippen LogP contribution in [0.4, 0.5) is 0 Å². The van der Waals surface area contributed by atoms with E-state index < -0.39 is 10.0 Å². The lowest BCUT2D eigenvalue weighted by Crippen LogP contribution is -2.28. The number of nitrogens with zero attached hydrogens (tertiary/aromatic N) is 1. The zero-order valence-corrected chi connectivity index (χ0v) is 17.0. The van der Waals surface area contributed by atoms with Crippen molar-refractivity contribution in [3.05, 3.63) is 53.7 Å². The third-order valence-electron chi connectivity index (χ3n) is 3.61. The van der Waals surface area contributed by atoms with Gasteiger partial charge in [-0.1, -0.05) is 12.1 Å². The molecule has 0 radical (unpaired) electrons. The van der Waals surface area contributed by atoms with E-state index in [0.29, 0.717) is 5.88 Å². The highest BCUT2D eigenvalue weighted by atomic mass is 32.2. The molecule has 28 heavy (non-hydrogen) atoms. The van der Waals surface area contributed by atoms with Gasteiger partial charge in [-0.15, -0.1) is 0 Å². The predicted molar refractivity (Wildman–Crippen MR) is 105 cm³/mol. The van der Waals surface area contributed by atoms with E-state index in [4.69, 9.17) is 9.47 Å². The first-order valence-corrected chi connectivity index (χ1v) is 10.3. The summed E-state index contributed by atoms with van der Waals surface area (Å²) in [6, 6.07) is 9.40. The molecular formula is C19H25N3O5S. The van der Waals surface area contributed by atoms with Crippen LogP contribution in [0, 0.1) is 0 Å². The van der Waals surface area contributed by atoms with Crippen LogP contribution in [0.15, 0.2) is 47.5 Å². The van der Waals surface area contributed by atoms with E-state index in [2.05, 4.69) is 15.0 Å². The summed E-state index contributed by atoms with van der Waals surface area (Å²) >= 11 is 0. The van der Waals surface area contributed by atoms with Crippen LogP contribution in [-0.2, 0) is 21.3 Å². The largest absolute Gasteiger partial charge is 0.475 e. The number of amides is 1. The van der Waals surface area contributed by atoms with Gasteiger partial charge in [-0.05, 0) is 37.6 Å². The molecule has 152 valence electrons. The van der Waals surface area contributed by atoms with Crippen molar-refractivity contribution in [3.63, 3.8) is 0 Å². The minimum Gasteiger partial charge on any atom is -0.475 e. The first-order chi connectivity index (χ1) is 13.3. The molecule has 1 heterocycles. The Labute approximate surface area is 165 Å². The smallest absolute Gasteiger partial charge is 0.251 e. The molecule has 9 heteroatoms. The van der Waals surface area contributed by atoms with Gasteiger partial charge < -0.3 is 14.8 Å². The Bertz CT molecular complexity index is 883. The molecule has 8 nitrogen and oxygen atoms in total. The fraction of sp³-hybridized carbons (Fsp3) is 0.368. The van der Waals surface area contributed by atoms with Crippen molar-refractivity contribution in [3.8, 4) is 5.88 Å². The maximum atomic E-state index is 12.4. The first kappa shape index (κ1) is 21.8. The van der Waals surface area contributed by atoms with Gasteiger partial charge in [0.15, 0.2) is 0 Å². The highest BCUT2D eigenvalue weighted by molar-refractivity contribution is 7.89. The van der Waals surface area contributed by atoms with Crippen molar-refractivity contribution in [2.45, 2.75) is 31.4 Å². The minimum atomic E-state index is -3.70. The fourth-order valence-corrected chi connectivity index (χ4v) is 3.34. The molecule has 0 saturated carbocycles. The number of ether oxygens (including phenoxy) is 2. The maximum Gasteiger partial charge on any atom is 0.251 e. The van der Waals surface area contributed by atoms with Crippen LogP contribution in [0.25, 0.3) is 0 Å². The molecule has 0 saturated heterocycles. The predicted octanol–water partition coefficient (Wildman–Crippen LogP) is 1.72. The third-order valence-corrected chi connectivity index (χ3v) is 5.07. The summed E-state index contributed by atoms with van der Waals surface area (Å²) in [6.45, 7) is 4.50. The van der Waals surface area contributed by atoms with E-state index in [0.717, 1.165) is 5.56 Å². The van der Waals surface area contributed by atoms with Gasteiger partial charge in [0.1, 0.15) is 0 Å². The van der Waals surface area contributed by atoms with Crippen molar-refractivity contribution in [1.82, 2.24) is 15.0 Å². The van der Waals surface area contributed by atoms with Crippen LogP contribution >= 0.6 is 0 Å². The maximum absolute atomic E-state index is 12.4. The van der Waals surface area contributed by atoms with Crippen LogP contribution in [0.2, 0.25) is 0 Å². The molecule has 1 aromatic heterocycles. The summed E-state index contributed by atoms with van der Waals surface area (Å²) in [5.41, 5.74) is 1.05. The van der Waals surface area contributed by atoms with Crippen LogP contribution in [0.1, 0.15) is 29.8 Å². The highest BCUT2D eigenvalue weighted by Gasteiger charge is 2.15. The average molecular weight is 407 g/mol. The molecule has 2 N–H and O–H groups in total. The Morgan fingerprint density at radius 1 is 1.21 bits per heavy atom. The summed E-state index contributed by atoms with van der Waals surface area (Å²) in [6.07, 6.45) is 1.66. The molecule has 0 aliphatic heterocycles. The second-order valence-corrected chi connectivity index (χ2v) is 8.04. The quantitative estimate of drug-likeness (QED) is 0.581. The van der Waals surface area contributed by atoms with Gasteiger partial charge in [-0.2, -0.15) is 0 Å². The molecule has 1 amide bonds.